The van der Waals surface area contributed by atoms with Crippen molar-refractivity contribution in [2.24, 2.45) is 0 Å². The molecule has 0 fully saturated rings. The van der Waals surface area contributed by atoms with Gasteiger partial charge in [0.15, 0.2) is 6.61 Å². The van der Waals surface area contributed by atoms with E-state index in [1.54, 1.807) is 27.7 Å². The van der Waals surface area contributed by atoms with Gasteiger partial charge in [-0.3, -0.25) is 20.3 Å². The highest BCUT2D eigenvalue weighted by molar-refractivity contribution is 7.10. The van der Waals surface area contributed by atoms with Crippen LogP contribution in [0.5, 0.6) is 5.75 Å². The van der Waals surface area contributed by atoms with Crippen LogP contribution in [0.15, 0.2) is 76.1 Å². The number of nitro benzene ring substituents is 1. The summed E-state index contributed by atoms with van der Waals surface area (Å²) < 4.78 is 5.66. The first-order valence-electron chi connectivity index (χ1n) is 10.6. The molecule has 1 amide bonds. The van der Waals surface area contributed by atoms with Crippen LogP contribution in [0, 0.1) is 10.1 Å². The second-order valence-corrected chi connectivity index (χ2v) is 9.73. The molecule has 1 atom stereocenters. The highest BCUT2D eigenvalue weighted by atomic mass is 32.1. The molecular weight excluding hydrogens is 458 g/mol. The lowest BCUT2D eigenvalue weighted by Crippen LogP contribution is -2.42. The van der Waals surface area contributed by atoms with Crippen LogP contribution in [0.3, 0.4) is 0 Å². The molecule has 0 saturated heterocycles. The topological polar surface area (TPSA) is 84.7 Å². The minimum Gasteiger partial charge on any atom is -0.484 e. The molecule has 0 spiro atoms. The summed E-state index contributed by atoms with van der Waals surface area (Å²) in [5.74, 6) is 0.216. The summed E-state index contributed by atoms with van der Waals surface area (Å²) in [5.41, 5.74) is 6.86. The van der Waals surface area contributed by atoms with E-state index >= 15 is 0 Å². The summed E-state index contributed by atoms with van der Waals surface area (Å²) >= 11 is 3.33. The van der Waals surface area contributed by atoms with Gasteiger partial charge in [-0.25, -0.2) is 5.01 Å². The lowest BCUT2D eigenvalue weighted by atomic mass is 9.88. The number of ether oxygens (including phenoxy) is 1. The number of nitrogens with zero attached hydrogens (tertiary/aromatic N) is 2. The van der Waals surface area contributed by atoms with Gasteiger partial charge in [0.1, 0.15) is 11.8 Å². The molecule has 168 valence electrons. The van der Waals surface area contributed by atoms with E-state index in [1.807, 2.05) is 17.5 Å². The van der Waals surface area contributed by atoms with Crippen molar-refractivity contribution < 1.29 is 14.5 Å². The average molecular weight is 480 g/mol. The standard InChI is InChI=1S/C24H21N3O4S2/c28-22(15-31-18-10-8-17(9-11-18)27(29)30)26-24(21-7-3-13-33-21)20-6-1-4-16(23(20)25-26)14-19-5-2-12-32-19/h2-3,5,7-14,24-25H,1,4,6,15H2/b16-14+/t24-/m0/s1. The number of rotatable bonds is 6. The molecule has 1 N–H and O–H groups in total. The molecular formula is C24H21N3O4S2. The number of amides is 1. The molecule has 1 aliphatic heterocycles. The molecule has 2 aliphatic rings. The zero-order chi connectivity index (χ0) is 22.8. The predicted octanol–water partition coefficient (Wildman–Crippen LogP) is 5.71. The van der Waals surface area contributed by atoms with Crippen LogP contribution < -0.4 is 10.2 Å². The van der Waals surface area contributed by atoms with Crippen LogP contribution in [-0.4, -0.2) is 22.4 Å². The molecule has 0 saturated carbocycles. The highest BCUT2D eigenvalue weighted by Crippen LogP contribution is 2.45. The second kappa shape index (κ2) is 9.21. The SMILES string of the molecule is O=C(COc1ccc([N+](=O)[O-])cc1)N1NC2=C(CCC/C2=C\c2cccs2)[C@H]1c1cccs1. The summed E-state index contributed by atoms with van der Waals surface area (Å²) in [6.45, 7) is -0.169. The van der Waals surface area contributed by atoms with E-state index in [1.165, 1.54) is 40.3 Å². The fraction of sp³-hybridized carbons (Fsp3) is 0.208. The first-order valence-corrected chi connectivity index (χ1v) is 12.3. The zero-order valence-corrected chi connectivity index (χ0v) is 19.2. The van der Waals surface area contributed by atoms with Crippen molar-refractivity contribution in [2.45, 2.75) is 25.3 Å². The van der Waals surface area contributed by atoms with Crippen LogP contribution in [0.4, 0.5) is 5.69 Å². The molecule has 33 heavy (non-hydrogen) atoms. The lowest BCUT2D eigenvalue weighted by molar-refractivity contribution is -0.384. The average Bonchev–Trinajstić information content (AvgIpc) is 3.58. The number of thiophene rings is 2. The number of nitrogens with one attached hydrogen (secondary N) is 1. The third-order valence-electron chi connectivity index (χ3n) is 5.71. The Bertz CT molecular complexity index is 1220. The Hall–Kier alpha value is -3.43. The van der Waals surface area contributed by atoms with Crippen molar-refractivity contribution in [3.05, 3.63) is 96.0 Å². The summed E-state index contributed by atoms with van der Waals surface area (Å²) in [6.07, 6.45) is 5.14. The maximum absolute atomic E-state index is 13.3. The van der Waals surface area contributed by atoms with Gasteiger partial charge >= 0.3 is 0 Å². The fourth-order valence-corrected chi connectivity index (χ4v) is 5.73. The van der Waals surface area contributed by atoms with Gasteiger partial charge in [0.25, 0.3) is 11.6 Å². The molecule has 5 rings (SSSR count). The lowest BCUT2D eigenvalue weighted by Gasteiger charge is -2.25. The molecule has 0 bridgehead atoms. The third-order valence-corrected chi connectivity index (χ3v) is 7.45. The van der Waals surface area contributed by atoms with Crippen molar-refractivity contribution >= 4 is 40.3 Å². The Morgan fingerprint density at radius 3 is 2.64 bits per heavy atom. The number of non-ortho nitro benzene ring substituents is 1. The van der Waals surface area contributed by atoms with Crippen LogP contribution in [0.2, 0.25) is 0 Å². The minimum absolute atomic E-state index is 0.0189. The number of hydrazine groups is 1. The second-order valence-electron chi connectivity index (χ2n) is 7.77. The Morgan fingerprint density at radius 2 is 1.94 bits per heavy atom. The smallest absolute Gasteiger partial charge is 0.279 e. The summed E-state index contributed by atoms with van der Waals surface area (Å²) in [6, 6.07) is 13.8. The van der Waals surface area contributed by atoms with Gasteiger partial charge in [-0.1, -0.05) is 12.1 Å². The van der Waals surface area contributed by atoms with Gasteiger partial charge in [-0.15, -0.1) is 22.7 Å². The Labute approximate surface area is 198 Å². The van der Waals surface area contributed by atoms with Gasteiger partial charge < -0.3 is 4.74 Å². The normalized spacial score (nSPS) is 18.8. The van der Waals surface area contributed by atoms with Crippen LogP contribution in [0.1, 0.15) is 35.1 Å². The minimum atomic E-state index is -0.466. The van der Waals surface area contributed by atoms with E-state index in [-0.39, 0.29) is 24.2 Å². The maximum atomic E-state index is 13.3. The van der Waals surface area contributed by atoms with E-state index < -0.39 is 4.92 Å². The Kier molecular flexibility index (Phi) is 5.97. The van der Waals surface area contributed by atoms with E-state index in [0.29, 0.717) is 5.75 Å². The van der Waals surface area contributed by atoms with Gasteiger partial charge in [-0.2, -0.15) is 0 Å². The molecule has 0 radical (unpaired) electrons. The van der Waals surface area contributed by atoms with Gasteiger partial charge in [-0.05, 0) is 71.5 Å². The monoisotopic (exact) mass is 479 g/mol. The largest absolute Gasteiger partial charge is 0.484 e. The van der Waals surface area contributed by atoms with E-state index in [4.69, 9.17) is 4.74 Å². The first kappa shape index (κ1) is 21.4. The molecule has 3 aromatic rings. The number of benzene rings is 1. The maximum Gasteiger partial charge on any atom is 0.279 e. The van der Waals surface area contributed by atoms with Gasteiger partial charge in [0.2, 0.25) is 0 Å². The van der Waals surface area contributed by atoms with Crippen molar-refractivity contribution in [1.29, 1.82) is 0 Å². The number of allylic oxidation sites excluding steroid dienone is 1. The number of hydrogen-bond donors (Lipinski definition) is 1. The zero-order valence-electron chi connectivity index (χ0n) is 17.6. The van der Waals surface area contributed by atoms with Gasteiger partial charge in [0.05, 0.1) is 10.6 Å². The Balaban J connectivity index is 1.38. The van der Waals surface area contributed by atoms with Crippen LogP contribution in [0.25, 0.3) is 6.08 Å². The number of carbonyl (C=O) groups is 1. The molecule has 9 heteroatoms. The van der Waals surface area contributed by atoms with Gasteiger partial charge in [0, 0.05) is 21.9 Å². The highest BCUT2D eigenvalue weighted by Gasteiger charge is 2.39. The van der Waals surface area contributed by atoms with E-state index in [0.717, 1.165) is 29.8 Å². The molecule has 2 aromatic heterocycles. The molecule has 7 nitrogen and oxygen atoms in total. The number of nitro groups is 1. The van der Waals surface area contributed by atoms with Crippen LogP contribution in [-0.2, 0) is 4.79 Å². The van der Waals surface area contributed by atoms with Crippen molar-refractivity contribution in [2.75, 3.05) is 6.61 Å². The summed E-state index contributed by atoms with van der Waals surface area (Å²) in [7, 11) is 0. The van der Waals surface area contributed by atoms with Crippen molar-refractivity contribution in [3.63, 3.8) is 0 Å². The summed E-state index contributed by atoms with van der Waals surface area (Å²) in [4.78, 5) is 25.9. The summed E-state index contributed by atoms with van der Waals surface area (Å²) in [5, 5.41) is 16.6. The molecule has 1 aliphatic carbocycles. The van der Waals surface area contributed by atoms with Crippen molar-refractivity contribution in [3.8, 4) is 5.75 Å². The molecule has 1 aromatic carbocycles. The predicted molar refractivity (Wildman–Crippen MR) is 129 cm³/mol. The van der Waals surface area contributed by atoms with Crippen LogP contribution >= 0.6 is 22.7 Å². The third kappa shape index (κ3) is 4.42. The Morgan fingerprint density at radius 1 is 1.15 bits per heavy atom. The first-order chi connectivity index (χ1) is 16.1. The fourth-order valence-electron chi connectivity index (χ4n) is 4.20. The number of hydrogen-bond acceptors (Lipinski definition) is 7. The molecule has 3 heterocycles. The number of carbonyl (C=O) groups excluding carboxylic acids is 1. The van der Waals surface area contributed by atoms with E-state index in [2.05, 4.69) is 29.0 Å². The van der Waals surface area contributed by atoms with E-state index in [9.17, 15) is 14.9 Å². The molecule has 0 unspecified atom stereocenters. The quantitative estimate of drug-likeness (QED) is 0.362. The van der Waals surface area contributed by atoms with Crippen molar-refractivity contribution in [1.82, 2.24) is 10.4 Å².